The van der Waals surface area contributed by atoms with Gasteiger partial charge in [0.2, 0.25) is 0 Å². The van der Waals surface area contributed by atoms with E-state index in [1.165, 1.54) is 10.9 Å². The predicted octanol–water partition coefficient (Wildman–Crippen LogP) is 3.16. The van der Waals surface area contributed by atoms with Gasteiger partial charge in [0.05, 0.1) is 14.2 Å². The highest BCUT2D eigenvalue weighted by Gasteiger charge is 2.10. The van der Waals surface area contributed by atoms with Crippen molar-refractivity contribution in [3.05, 3.63) is 59.8 Å². The first-order valence-electron chi connectivity index (χ1n) is 7.77. The molecule has 5 nitrogen and oxygen atoms in total. The lowest BCUT2D eigenvalue weighted by molar-refractivity contribution is 0.0953. The van der Waals surface area contributed by atoms with Crippen LogP contribution in [0, 0.1) is 0 Å². The number of carbonyl (C=O) groups excluding carboxylic acids is 1. The van der Waals surface area contributed by atoms with Crippen LogP contribution in [0.25, 0.3) is 10.9 Å². The van der Waals surface area contributed by atoms with Crippen LogP contribution in [0.3, 0.4) is 0 Å². The van der Waals surface area contributed by atoms with E-state index in [1.54, 1.807) is 32.4 Å². The minimum absolute atomic E-state index is 0.146. The summed E-state index contributed by atoms with van der Waals surface area (Å²) in [6.07, 6.45) is 2.75. The van der Waals surface area contributed by atoms with Gasteiger partial charge in [-0.05, 0) is 30.2 Å². The quantitative estimate of drug-likeness (QED) is 0.732. The molecule has 1 heterocycles. The maximum atomic E-state index is 12.3. The van der Waals surface area contributed by atoms with Crippen LogP contribution in [0.2, 0.25) is 0 Å². The van der Waals surface area contributed by atoms with E-state index in [4.69, 9.17) is 9.47 Å². The molecule has 1 amide bonds. The van der Waals surface area contributed by atoms with Gasteiger partial charge in [-0.3, -0.25) is 4.79 Å². The molecule has 3 rings (SSSR count). The van der Waals surface area contributed by atoms with Crippen LogP contribution >= 0.6 is 0 Å². The number of amides is 1. The van der Waals surface area contributed by atoms with Gasteiger partial charge < -0.3 is 19.8 Å². The molecule has 2 N–H and O–H groups in total. The van der Waals surface area contributed by atoms with Crippen molar-refractivity contribution in [3.63, 3.8) is 0 Å². The summed E-state index contributed by atoms with van der Waals surface area (Å²) in [6.45, 7) is 0.556. The predicted molar refractivity (Wildman–Crippen MR) is 93.9 cm³/mol. The second-order valence-corrected chi connectivity index (χ2v) is 5.47. The van der Waals surface area contributed by atoms with Crippen LogP contribution in [0.4, 0.5) is 0 Å². The lowest BCUT2D eigenvalue weighted by Crippen LogP contribution is -2.25. The first kappa shape index (κ1) is 15.9. The topological polar surface area (TPSA) is 63.4 Å². The van der Waals surface area contributed by atoms with Gasteiger partial charge in [0.25, 0.3) is 5.91 Å². The summed E-state index contributed by atoms with van der Waals surface area (Å²) >= 11 is 0. The number of nitrogens with one attached hydrogen (secondary N) is 2. The molecule has 0 bridgehead atoms. The molecule has 0 aliphatic heterocycles. The molecule has 5 heteroatoms. The van der Waals surface area contributed by atoms with Crippen LogP contribution in [0.5, 0.6) is 11.5 Å². The first-order chi connectivity index (χ1) is 11.7. The summed E-state index contributed by atoms with van der Waals surface area (Å²) < 4.78 is 10.4. The number of H-pyrrole nitrogens is 1. The molecule has 0 saturated carbocycles. The van der Waals surface area contributed by atoms with E-state index in [1.807, 2.05) is 24.4 Å². The third kappa shape index (κ3) is 3.35. The van der Waals surface area contributed by atoms with Gasteiger partial charge in [-0.2, -0.15) is 0 Å². The van der Waals surface area contributed by atoms with Crippen molar-refractivity contribution in [2.45, 2.75) is 6.42 Å². The minimum Gasteiger partial charge on any atom is -0.497 e. The van der Waals surface area contributed by atoms with Crippen molar-refractivity contribution in [2.75, 3.05) is 20.8 Å². The Labute approximate surface area is 140 Å². The summed E-state index contributed by atoms with van der Waals surface area (Å²) in [7, 11) is 3.13. The van der Waals surface area contributed by atoms with Gasteiger partial charge in [-0.25, -0.2) is 0 Å². The number of aromatic amines is 1. The van der Waals surface area contributed by atoms with Gasteiger partial charge >= 0.3 is 0 Å². The third-order valence-corrected chi connectivity index (χ3v) is 3.97. The average Bonchev–Trinajstić information content (AvgIpc) is 3.04. The van der Waals surface area contributed by atoms with E-state index in [2.05, 4.69) is 16.4 Å². The third-order valence-electron chi connectivity index (χ3n) is 3.97. The fourth-order valence-corrected chi connectivity index (χ4v) is 2.69. The Morgan fingerprint density at radius 1 is 1.08 bits per heavy atom. The molecular formula is C19H20N2O3. The molecule has 2 aromatic carbocycles. The van der Waals surface area contributed by atoms with Crippen molar-refractivity contribution >= 4 is 16.8 Å². The molecule has 0 spiro atoms. The van der Waals surface area contributed by atoms with E-state index in [0.29, 0.717) is 23.6 Å². The van der Waals surface area contributed by atoms with E-state index in [0.717, 1.165) is 11.9 Å². The number of hydrogen-bond donors (Lipinski definition) is 2. The van der Waals surface area contributed by atoms with Gasteiger partial charge in [0.1, 0.15) is 11.5 Å². The lowest BCUT2D eigenvalue weighted by Gasteiger charge is -2.09. The molecule has 0 radical (unpaired) electrons. The van der Waals surface area contributed by atoms with Crippen molar-refractivity contribution < 1.29 is 14.3 Å². The highest BCUT2D eigenvalue weighted by molar-refractivity contribution is 5.95. The maximum absolute atomic E-state index is 12.3. The zero-order chi connectivity index (χ0) is 16.9. The number of para-hydroxylation sites is 1. The number of carbonyl (C=O) groups is 1. The van der Waals surface area contributed by atoms with Crippen LogP contribution in [0.1, 0.15) is 15.9 Å². The van der Waals surface area contributed by atoms with Crippen molar-refractivity contribution in [1.82, 2.24) is 10.3 Å². The van der Waals surface area contributed by atoms with E-state index >= 15 is 0 Å². The van der Waals surface area contributed by atoms with Crippen molar-refractivity contribution in [1.29, 1.82) is 0 Å². The molecule has 1 aromatic heterocycles. The number of aromatic nitrogens is 1. The number of hydrogen-bond acceptors (Lipinski definition) is 3. The largest absolute Gasteiger partial charge is 0.497 e. The summed E-state index contributed by atoms with van der Waals surface area (Å²) in [5.74, 6) is 1.04. The van der Waals surface area contributed by atoms with Gasteiger partial charge in [0.15, 0.2) is 0 Å². The van der Waals surface area contributed by atoms with Crippen LogP contribution < -0.4 is 14.8 Å². The van der Waals surface area contributed by atoms with E-state index in [-0.39, 0.29) is 5.91 Å². The normalized spacial score (nSPS) is 10.6. The van der Waals surface area contributed by atoms with Gasteiger partial charge in [-0.1, -0.05) is 18.2 Å². The van der Waals surface area contributed by atoms with Gasteiger partial charge in [0, 0.05) is 35.3 Å². The standard InChI is InChI=1S/C19H20N2O3/c1-23-15-9-14(10-16(11-15)24-2)19(22)20-8-7-13-12-21-18-6-4-3-5-17(13)18/h3-6,9-12,21H,7-8H2,1-2H3,(H,20,22). The van der Waals surface area contributed by atoms with Crippen molar-refractivity contribution in [3.8, 4) is 11.5 Å². The number of rotatable bonds is 6. The van der Waals surface area contributed by atoms with Gasteiger partial charge in [-0.15, -0.1) is 0 Å². The fraction of sp³-hybridized carbons (Fsp3) is 0.211. The maximum Gasteiger partial charge on any atom is 0.251 e. The molecule has 0 fully saturated rings. The number of ether oxygens (including phenoxy) is 2. The molecule has 3 aromatic rings. The Balaban J connectivity index is 1.65. The lowest BCUT2D eigenvalue weighted by atomic mass is 10.1. The summed E-state index contributed by atoms with van der Waals surface area (Å²) in [4.78, 5) is 15.6. The van der Waals surface area contributed by atoms with E-state index < -0.39 is 0 Å². The monoisotopic (exact) mass is 324 g/mol. The highest BCUT2D eigenvalue weighted by Crippen LogP contribution is 2.22. The summed E-state index contributed by atoms with van der Waals surface area (Å²) in [5.41, 5.74) is 2.82. The Morgan fingerprint density at radius 3 is 2.50 bits per heavy atom. The van der Waals surface area contributed by atoms with Crippen LogP contribution in [0.15, 0.2) is 48.7 Å². The summed E-state index contributed by atoms with van der Waals surface area (Å²) in [6, 6.07) is 13.3. The zero-order valence-electron chi connectivity index (χ0n) is 13.8. The minimum atomic E-state index is -0.146. The zero-order valence-corrected chi connectivity index (χ0v) is 13.8. The number of fused-ring (bicyclic) bond motifs is 1. The Morgan fingerprint density at radius 2 is 1.79 bits per heavy atom. The second kappa shape index (κ2) is 7.08. The molecule has 0 saturated heterocycles. The molecule has 0 unspecified atom stereocenters. The van der Waals surface area contributed by atoms with Crippen molar-refractivity contribution in [2.24, 2.45) is 0 Å². The fourth-order valence-electron chi connectivity index (χ4n) is 2.69. The van der Waals surface area contributed by atoms with Crippen LogP contribution in [-0.4, -0.2) is 31.7 Å². The van der Waals surface area contributed by atoms with E-state index in [9.17, 15) is 4.79 Å². The molecule has 0 aliphatic rings. The SMILES string of the molecule is COc1cc(OC)cc(C(=O)NCCc2c[nH]c3ccccc23)c1. The Hall–Kier alpha value is -2.95. The molecule has 0 atom stereocenters. The average molecular weight is 324 g/mol. The van der Waals surface area contributed by atoms with Crippen LogP contribution in [-0.2, 0) is 6.42 Å². The smallest absolute Gasteiger partial charge is 0.251 e. The highest BCUT2D eigenvalue weighted by atomic mass is 16.5. The Bertz CT molecular complexity index is 832. The molecule has 124 valence electrons. The molecule has 24 heavy (non-hydrogen) atoms. The number of methoxy groups -OCH3 is 2. The second-order valence-electron chi connectivity index (χ2n) is 5.47. The molecular weight excluding hydrogens is 304 g/mol. The number of benzene rings is 2. The summed E-state index contributed by atoms with van der Waals surface area (Å²) in [5, 5.41) is 4.13. The first-order valence-corrected chi connectivity index (χ1v) is 7.77. The molecule has 0 aliphatic carbocycles. The Kier molecular flexibility index (Phi) is 4.70.